The molecule has 0 saturated carbocycles. The summed E-state index contributed by atoms with van der Waals surface area (Å²) in [6.07, 6.45) is 3.02. The van der Waals surface area contributed by atoms with Crippen molar-refractivity contribution in [1.29, 1.82) is 0 Å². The number of aromatic nitrogens is 2. The lowest BCUT2D eigenvalue weighted by atomic mass is 10.3. The molecular weight excluding hydrogens is 212 g/mol. The van der Waals surface area contributed by atoms with Crippen molar-refractivity contribution in [3.05, 3.63) is 16.3 Å². The highest BCUT2D eigenvalue weighted by atomic mass is 16.6. The topological polar surface area (TPSA) is 119 Å². The molecule has 0 radical (unpaired) electrons. The number of unbranched alkanes of at least 4 members (excludes halogenated alkanes) is 1. The van der Waals surface area contributed by atoms with Crippen LogP contribution in [0.2, 0.25) is 0 Å². The molecule has 8 heteroatoms. The first kappa shape index (κ1) is 12.1. The SMILES string of the molecule is CCCCNc1nc(NN)ncc1[N+](=O)[O-]. The monoisotopic (exact) mass is 226 g/mol. The normalized spacial score (nSPS) is 9.88. The maximum atomic E-state index is 10.7. The van der Waals surface area contributed by atoms with E-state index in [4.69, 9.17) is 5.84 Å². The molecular formula is C8H14N6O2. The number of rotatable bonds is 6. The van der Waals surface area contributed by atoms with Crippen molar-refractivity contribution < 1.29 is 4.92 Å². The van der Waals surface area contributed by atoms with Gasteiger partial charge in [0, 0.05) is 6.54 Å². The highest BCUT2D eigenvalue weighted by molar-refractivity contribution is 5.56. The second-order valence-corrected chi connectivity index (χ2v) is 3.11. The lowest BCUT2D eigenvalue weighted by Gasteiger charge is -2.06. The third-order valence-electron chi connectivity index (χ3n) is 1.92. The van der Waals surface area contributed by atoms with Gasteiger partial charge in [-0.3, -0.25) is 15.5 Å². The molecule has 0 spiro atoms. The Morgan fingerprint density at radius 3 is 2.94 bits per heavy atom. The first-order valence-electron chi connectivity index (χ1n) is 4.91. The maximum absolute atomic E-state index is 10.7. The average molecular weight is 226 g/mol. The van der Waals surface area contributed by atoms with E-state index in [2.05, 4.69) is 20.7 Å². The van der Waals surface area contributed by atoms with Gasteiger partial charge in [0.25, 0.3) is 0 Å². The van der Waals surface area contributed by atoms with Gasteiger partial charge >= 0.3 is 5.69 Å². The summed E-state index contributed by atoms with van der Waals surface area (Å²) in [6, 6.07) is 0. The zero-order chi connectivity index (χ0) is 12.0. The second kappa shape index (κ2) is 5.81. The molecule has 8 nitrogen and oxygen atoms in total. The van der Waals surface area contributed by atoms with Crippen molar-refractivity contribution in [2.45, 2.75) is 19.8 Å². The van der Waals surface area contributed by atoms with E-state index in [1.807, 2.05) is 6.92 Å². The van der Waals surface area contributed by atoms with Crippen LogP contribution >= 0.6 is 0 Å². The molecule has 0 aliphatic heterocycles. The van der Waals surface area contributed by atoms with Crippen molar-refractivity contribution in [3.63, 3.8) is 0 Å². The molecule has 1 aromatic rings. The van der Waals surface area contributed by atoms with Gasteiger partial charge in [0.05, 0.1) is 4.92 Å². The summed E-state index contributed by atoms with van der Waals surface area (Å²) < 4.78 is 0. The fourth-order valence-corrected chi connectivity index (χ4v) is 1.09. The Hall–Kier alpha value is -1.96. The standard InChI is InChI=1S/C8H14N6O2/c1-2-3-4-10-7-6(14(15)16)5-11-8(12-7)13-9/h5H,2-4,9H2,1H3,(H2,10,11,12,13). The predicted octanol–water partition coefficient (Wildman–Crippen LogP) is 0.882. The van der Waals surface area contributed by atoms with Crippen molar-refractivity contribution in [1.82, 2.24) is 9.97 Å². The van der Waals surface area contributed by atoms with Crippen LogP contribution in [0.3, 0.4) is 0 Å². The third kappa shape index (κ3) is 3.02. The number of nitrogens with one attached hydrogen (secondary N) is 2. The molecule has 16 heavy (non-hydrogen) atoms. The van der Waals surface area contributed by atoms with Crippen LogP contribution in [0.15, 0.2) is 6.20 Å². The van der Waals surface area contributed by atoms with E-state index >= 15 is 0 Å². The Morgan fingerprint density at radius 1 is 1.62 bits per heavy atom. The van der Waals surface area contributed by atoms with Crippen LogP contribution in [0.25, 0.3) is 0 Å². The van der Waals surface area contributed by atoms with Crippen molar-refractivity contribution in [2.24, 2.45) is 5.84 Å². The largest absolute Gasteiger partial charge is 0.364 e. The fraction of sp³-hybridized carbons (Fsp3) is 0.500. The van der Waals surface area contributed by atoms with Crippen LogP contribution in [0.1, 0.15) is 19.8 Å². The molecule has 0 fully saturated rings. The van der Waals surface area contributed by atoms with Gasteiger partial charge in [-0.05, 0) is 6.42 Å². The van der Waals surface area contributed by atoms with E-state index in [1.54, 1.807) is 0 Å². The number of nitrogen functional groups attached to an aromatic ring is 1. The van der Waals surface area contributed by atoms with E-state index in [9.17, 15) is 10.1 Å². The summed E-state index contributed by atoms with van der Waals surface area (Å²) in [6.45, 7) is 2.65. The lowest BCUT2D eigenvalue weighted by molar-refractivity contribution is -0.384. The highest BCUT2D eigenvalue weighted by Gasteiger charge is 2.16. The predicted molar refractivity (Wildman–Crippen MR) is 59.9 cm³/mol. The minimum Gasteiger partial charge on any atom is -0.364 e. The minimum atomic E-state index is -0.533. The molecule has 0 unspecified atom stereocenters. The molecule has 0 bridgehead atoms. The van der Waals surface area contributed by atoms with Crippen LogP contribution in [-0.2, 0) is 0 Å². The fourth-order valence-electron chi connectivity index (χ4n) is 1.09. The molecule has 0 amide bonds. The van der Waals surface area contributed by atoms with Crippen LogP contribution < -0.4 is 16.6 Å². The van der Waals surface area contributed by atoms with E-state index in [1.165, 1.54) is 0 Å². The number of nitrogens with two attached hydrogens (primary N) is 1. The molecule has 0 aliphatic rings. The quantitative estimate of drug-likeness (QED) is 0.285. The smallest absolute Gasteiger partial charge is 0.329 e. The molecule has 1 aromatic heterocycles. The van der Waals surface area contributed by atoms with Gasteiger partial charge in [-0.15, -0.1) is 0 Å². The number of hydrazine groups is 1. The third-order valence-corrected chi connectivity index (χ3v) is 1.92. The first-order chi connectivity index (χ1) is 7.69. The molecule has 4 N–H and O–H groups in total. The molecule has 1 heterocycles. The van der Waals surface area contributed by atoms with Crippen molar-refractivity contribution in [3.8, 4) is 0 Å². The van der Waals surface area contributed by atoms with Gasteiger partial charge in [-0.25, -0.2) is 10.8 Å². The molecule has 0 saturated heterocycles. The van der Waals surface area contributed by atoms with Crippen LogP contribution in [0.5, 0.6) is 0 Å². The Bertz CT molecular complexity index is 370. The van der Waals surface area contributed by atoms with Gasteiger partial charge in [0.15, 0.2) is 0 Å². The van der Waals surface area contributed by atoms with E-state index < -0.39 is 4.92 Å². The van der Waals surface area contributed by atoms with Gasteiger partial charge in [-0.2, -0.15) is 4.98 Å². The van der Waals surface area contributed by atoms with Gasteiger partial charge < -0.3 is 5.32 Å². The van der Waals surface area contributed by atoms with Gasteiger partial charge in [-0.1, -0.05) is 13.3 Å². The molecule has 88 valence electrons. The average Bonchev–Trinajstić information content (AvgIpc) is 2.29. The first-order valence-corrected chi connectivity index (χ1v) is 4.91. The summed E-state index contributed by atoms with van der Waals surface area (Å²) >= 11 is 0. The Kier molecular flexibility index (Phi) is 4.40. The Balaban J connectivity index is 2.87. The molecule has 0 atom stereocenters. The van der Waals surface area contributed by atoms with Crippen LogP contribution in [0.4, 0.5) is 17.5 Å². The summed E-state index contributed by atoms with van der Waals surface area (Å²) in [5.41, 5.74) is 2.08. The van der Waals surface area contributed by atoms with Crippen molar-refractivity contribution >= 4 is 17.5 Å². The minimum absolute atomic E-state index is 0.143. The second-order valence-electron chi connectivity index (χ2n) is 3.11. The van der Waals surface area contributed by atoms with E-state index in [-0.39, 0.29) is 17.5 Å². The van der Waals surface area contributed by atoms with E-state index in [0.29, 0.717) is 6.54 Å². The lowest BCUT2D eigenvalue weighted by Crippen LogP contribution is -2.13. The number of hydrogen-bond acceptors (Lipinski definition) is 7. The molecule has 1 rings (SSSR count). The van der Waals surface area contributed by atoms with E-state index in [0.717, 1.165) is 19.0 Å². The van der Waals surface area contributed by atoms with Crippen LogP contribution in [0, 0.1) is 10.1 Å². The summed E-state index contributed by atoms with van der Waals surface area (Å²) in [4.78, 5) is 17.7. The number of nitro groups is 1. The highest BCUT2D eigenvalue weighted by Crippen LogP contribution is 2.21. The summed E-state index contributed by atoms with van der Waals surface area (Å²) in [5.74, 6) is 5.45. The molecule has 0 aliphatic carbocycles. The Morgan fingerprint density at radius 2 is 2.38 bits per heavy atom. The number of nitrogens with zero attached hydrogens (tertiary/aromatic N) is 3. The summed E-state index contributed by atoms with van der Waals surface area (Å²) in [7, 11) is 0. The van der Waals surface area contributed by atoms with Gasteiger partial charge in [0.1, 0.15) is 6.20 Å². The zero-order valence-corrected chi connectivity index (χ0v) is 8.93. The Labute approximate surface area is 92.4 Å². The van der Waals surface area contributed by atoms with Crippen molar-refractivity contribution in [2.75, 3.05) is 17.3 Å². The summed E-state index contributed by atoms with van der Waals surface area (Å²) in [5, 5.41) is 13.6. The number of hydrogen-bond donors (Lipinski definition) is 3. The van der Waals surface area contributed by atoms with Crippen LogP contribution in [-0.4, -0.2) is 21.4 Å². The zero-order valence-electron chi connectivity index (χ0n) is 8.93. The van der Waals surface area contributed by atoms with Gasteiger partial charge in [0.2, 0.25) is 11.8 Å². The molecule has 0 aromatic carbocycles. The maximum Gasteiger partial charge on any atom is 0.329 e. The number of anilines is 2.